The molecule has 0 spiro atoms. The molecule has 0 aliphatic carbocycles. The van der Waals surface area contributed by atoms with Gasteiger partial charge in [-0.2, -0.15) is 0 Å². The SMILES string of the molecule is ClCC(CCl)SSC(CCl)CCl. The monoisotopic (exact) mass is 286 g/mol. The largest absolute Gasteiger partial charge is 0.125 e. The number of rotatable bonds is 7. The first-order valence-corrected chi connectivity index (χ1v) is 7.75. The minimum atomic E-state index is 0.285. The maximum atomic E-state index is 5.65. The van der Waals surface area contributed by atoms with E-state index < -0.39 is 0 Å². The normalized spacial score (nSPS) is 11.5. The Kier molecular flexibility index (Phi) is 10.9. The molecular weight excluding hydrogens is 278 g/mol. The number of hydrogen-bond donors (Lipinski definition) is 0. The van der Waals surface area contributed by atoms with Gasteiger partial charge in [-0.15, -0.1) is 46.4 Å². The molecule has 0 amide bonds. The first-order valence-electron chi connectivity index (χ1n) is 3.34. The average Bonchev–Trinajstić information content (AvgIpc) is 2.13. The van der Waals surface area contributed by atoms with Crippen molar-refractivity contribution in [2.24, 2.45) is 0 Å². The zero-order chi connectivity index (χ0) is 9.40. The van der Waals surface area contributed by atoms with E-state index in [1.807, 2.05) is 0 Å². The fraction of sp³-hybridized carbons (Fsp3) is 1.00. The maximum absolute atomic E-state index is 5.65. The highest BCUT2D eigenvalue weighted by atomic mass is 35.5. The van der Waals surface area contributed by atoms with Gasteiger partial charge in [0.2, 0.25) is 0 Å². The lowest BCUT2D eigenvalue weighted by Gasteiger charge is -2.12. The number of alkyl halides is 4. The third-order valence-electron chi connectivity index (χ3n) is 1.02. The molecule has 0 aromatic rings. The fourth-order valence-electron chi connectivity index (χ4n) is 0.342. The van der Waals surface area contributed by atoms with Crippen LogP contribution >= 0.6 is 68.0 Å². The number of halogens is 4. The van der Waals surface area contributed by atoms with Gasteiger partial charge < -0.3 is 0 Å². The van der Waals surface area contributed by atoms with E-state index in [-0.39, 0.29) is 10.5 Å². The highest BCUT2D eigenvalue weighted by Crippen LogP contribution is 2.33. The summed E-state index contributed by atoms with van der Waals surface area (Å²) in [6.07, 6.45) is 0. The lowest BCUT2D eigenvalue weighted by Crippen LogP contribution is -2.09. The molecule has 0 aromatic heterocycles. The lowest BCUT2D eigenvalue weighted by atomic mass is 10.6. The summed E-state index contributed by atoms with van der Waals surface area (Å²) in [5.41, 5.74) is 0. The summed E-state index contributed by atoms with van der Waals surface area (Å²) in [6.45, 7) is 0. The Morgan fingerprint density at radius 2 is 0.917 bits per heavy atom. The second-order valence-electron chi connectivity index (χ2n) is 2.05. The fourth-order valence-corrected chi connectivity index (χ4v) is 4.93. The molecule has 0 saturated heterocycles. The van der Waals surface area contributed by atoms with Crippen molar-refractivity contribution in [2.75, 3.05) is 23.5 Å². The van der Waals surface area contributed by atoms with Crippen LogP contribution in [0.15, 0.2) is 0 Å². The second kappa shape index (κ2) is 9.42. The lowest BCUT2D eigenvalue weighted by molar-refractivity contribution is 1.13. The zero-order valence-corrected chi connectivity index (χ0v) is 11.0. The van der Waals surface area contributed by atoms with E-state index in [0.29, 0.717) is 23.5 Å². The molecule has 0 aromatic carbocycles. The van der Waals surface area contributed by atoms with Crippen molar-refractivity contribution in [1.29, 1.82) is 0 Å². The molecule has 0 atom stereocenters. The smallest absolute Gasteiger partial charge is 0.0422 e. The molecule has 0 heterocycles. The topological polar surface area (TPSA) is 0 Å². The summed E-state index contributed by atoms with van der Waals surface area (Å²) in [5.74, 6) is 2.27. The second-order valence-corrected chi connectivity index (χ2v) is 6.16. The van der Waals surface area contributed by atoms with Crippen molar-refractivity contribution in [3.05, 3.63) is 0 Å². The summed E-state index contributed by atoms with van der Waals surface area (Å²) in [6, 6.07) is 0. The summed E-state index contributed by atoms with van der Waals surface area (Å²) in [4.78, 5) is 0. The molecule has 12 heavy (non-hydrogen) atoms. The molecule has 0 unspecified atom stereocenters. The van der Waals surface area contributed by atoms with E-state index in [1.54, 1.807) is 21.6 Å². The number of hydrogen-bond acceptors (Lipinski definition) is 2. The van der Waals surface area contributed by atoms with Crippen molar-refractivity contribution in [3.8, 4) is 0 Å². The molecule has 0 aliphatic heterocycles. The van der Waals surface area contributed by atoms with Crippen molar-refractivity contribution in [3.63, 3.8) is 0 Å². The van der Waals surface area contributed by atoms with Gasteiger partial charge in [-0.1, -0.05) is 21.6 Å². The minimum absolute atomic E-state index is 0.285. The first-order chi connectivity index (χ1) is 5.78. The van der Waals surface area contributed by atoms with Gasteiger partial charge >= 0.3 is 0 Å². The quantitative estimate of drug-likeness (QED) is 0.512. The van der Waals surface area contributed by atoms with Gasteiger partial charge in [0, 0.05) is 34.0 Å². The van der Waals surface area contributed by atoms with Gasteiger partial charge in [-0.3, -0.25) is 0 Å². The Hall–Kier alpha value is 1.86. The van der Waals surface area contributed by atoms with E-state index in [1.165, 1.54) is 0 Å². The van der Waals surface area contributed by atoms with E-state index >= 15 is 0 Å². The molecule has 0 saturated carbocycles. The molecule has 74 valence electrons. The first kappa shape index (κ1) is 13.9. The zero-order valence-electron chi connectivity index (χ0n) is 6.31. The van der Waals surface area contributed by atoms with Gasteiger partial charge in [0.25, 0.3) is 0 Å². The Morgan fingerprint density at radius 1 is 0.667 bits per heavy atom. The van der Waals surface area contributed by atoms with Crippen LogP contribution in [0.2, 0.25) is 0 Å². The summed E-state index contributed by atoms with van der Waals surface area (Å²) in [7, 11) is 3.33. The van der Waals surface area contributed by atoms with E-state index in [2.05, 4.69) is 0 Å². The Morgan fingerprint density at radius 3 is 1.08 bits per heavy atom. The Labute approximate surface area is 101 Å². The van der Waals surface area contributed by atoms with Crippen molar-refractivity contribution in [1.82, 2.24) is 0 Å². The molecule has 0 nitrogen and oxygen atoms in total. The van der Waals surface area contributed by atoms with Crippen LogP contribution in [0, 0.1) is 0 Å². The Balaban J connectivity index is 3.49. The average molecular weight is 288 g/mol. The van der Waals surface area contributed by atoms with Gasteiger partial charge in [0.1, 0.15) is 0 Å². The third kappa shape index (κ3) is 6.33. The van der Waals surface area contributed by atoms with Crippen molar-refractivity contribution < 1.29 is 0 Å². The molecule has 0 fully saturated rings. The Bertz CT molecular complexity index is 83.5. The summed E-state index contributed by atoms with van der Waals surface area (Å²) < 4.78 is 0. The summed E-state index contributed by atoms with van der Waals surface area (Å²) >= 11 is 22.6. The van der Waals surface area contributed by atoms with Crippen LogP contribution < -0.4 is 0 Å². The van der Waals surface area contributed by atoms with Gasteiger partial charge in [-0.25, -0.2) is 0 Å². The standard InChI is InChI=1S/C6H10Cl4S2/c7-1-5(2-8)11-12-6(3-9)4-10/h5-6H,1-4H2. The van der Waals surface area contributed by atoms with Crippen LogP contribution in [0.4, 0.5) is 0 Å². The molecule has 6 heteroatoms. The van der Waals surface area contributed by atoms with Crippen molar-refractivity contribution in [2.45, 2.75) is 10.5 Å². The molecule has 0 N–H and O–H groups in total. The summed E-state index contributed by atoms with van der Waals surface area (Å²) in [5, 5.41) is 0.569. The van der Waals surface area contributed by atoms with Gasteiger partial charge in [0.15, 0.2) is 0 Å². The van der Waals surface area contributed by atoms with E-state index in [9.17, 15) is 0 Å². The molecule has 0 bridgehead atoms. The van der Waals surface area contributed by atoms with Crippen LogP contribution in [0.25, 0.3) is 0 Å². The highest BCUT2D eigenvalue weighted by molar-refractivity contribution is 8.77. The van der Waals surface area contributed by atoms with Crippen LogP contribution in [0.5, 0.6) is 0 Å². The van der Waals surface area contributed by atoms with Gasteiger partial charge in [-0.05, 0) is 0 Å². The molecule has 0 radical (unpaired) electrons. The van der Waals surface area contributed by atoms with Gasteiger partial charge in [0.05, 0.1) is 0 Å². The van der Waals surface area contributed by atoms with Crippen LogP contribution in [0.1, 0.15) is 0 Å². The van der Waals surface area contributed by atoms with Crippen molar-refractivity contribution >= 4 is 68.0 Å². The molecule has 0 rings (SSSR count). The van der Waals surface area contributed by atoms with Crippen LogP contribution in [-0.2, 0) is 0 Å². The predicted octanol–water partition coefficient (Wildman–Crippen LogP) is 4.06. The predicted molar refractivity (Wildman–Crippen MR) is 65.6 cm³/mol. The molecule has 0 aliphatic rings. The molecular formula is C6H10Cl4S2. The van der Waals surface area contributed by atoms with Crippen LogP contribution in [0.3, 0.4) is 0 Å². The van der Waals surface area contributed by atoms with E-state index in [4.69, 9.17) is 46.4 Å². The van der Waals surface area contributed by atoms with Crippen LogP contribution in [-0.4, -0.2) is 34.0 Å². The minimum Gasteiger partial charge on any atom is -0.125 e. The maximum Gasteiger partial charge on any atom is 0.0422 e. The van der Waals surface area contributed by atoms with E-state index in [0.717, 1.165) is 0 Å². The highest BCUT2D eigenvalue weighted by Gasteiger charge is 2.12. The third-order valence-corrected chi connectivity index (χ3v) is 6.53.